The van der Waals surface area contributed by atoms with Gasteiger partial charge in [-0.25, -0.2) is 0 Å². The number of phenols is 1. The van der Waals surface area contributed by atoms with Crippen LogP contribution in [0.15, 0.2) is 36.4 Å². The number of anilines is 1. The molecule has 21 heavy (non-hydrogen) atoms. The van der Waals surface area contributed by atoms with E-state index in [-0.39, 0.29) is 6.04 Å². The SMILES string of the molecule is COc1ccc(NC(C)c2ccc(C)cc2O)c(OC)c1. The van der Waals surface area contributed by atoms with Crippen LogP contribution in [0.3, 0.4) is 0 Å². The number of benzene rings is 2. The van der Waals surface area contributed by atoms with Crippen molar-refractivity contribution in [3.8, 4) is 17.2 Å². The Bertz CT molecular complexity index is 625. The van der Waals surface area contributed by atoms with E-state index in [0.717, 1.165) is 22.6 Å². The van der Waals surface area contributed by atoms with Gasteiger partial charge in [-0.2, -0.15) is 0 Å². The molecule has 2 aromatic carbocycles. The maximum Gasteiger partial charge on any atom is 0.145 e. The summed E-state index contributed by atoms with van der Waals surface area (Å²) < 4.78 is 10.6. The van der Waals surface area contributed by atoms with Crippen molar-refractivity contribution in [2.24, 2.45) is 0 Å². The Kier molecular flexibility index (Phi) is 4.58. The van der Waals surface area contributed by atoms with Crippen LogP contribution in [0.4, 0.5) is 5.69 Å². The van der Waals surface area contributed by atoms with Crippen LogP contribution in [-0.4, -0.2) is 19.3 Å². The molecule has 0 aromatic heterocycles. The summed E-state index contributed by atoms with van der Waals surface area (Å²) in [7, 11) is 3.24. The van der Waals surface area contributed by atoms with Gasteiger partial charge >= 0.3 is 0 Å². The van der Waals surface area contributed by atoms with Gasteiger partial charge < -0.3 is 19.9 Å². The molecule has 2 rings (SSSR count). The van der Waals surface area contributed by atoms with Gasteiger partial charge in [-0.3, -0.25) is 0 Å². The zero-order valence-electron chi connectivity index (χ0n) is 12.8. The first-order valence-electron chi connectivity index (χ1n) is 6.83. The Morgan fingerprint density at radius 1 is 1.05 bits per heavy atom. The average molecular weight is 287 g/mol. The van der Waals surface area contributed by atoms with Crippen LogP contribution in [0.5, 0.6) is 17.2 Å². The van der Waals surface area contributed by atoms with Crippen LogP contribution in [0.25, 0.3) is 0 Å². The highest BCUT2D eigenvalue weighted by Gasteiger charge is 2.13. The quantitative estimate of drug-likeness (QED) is 0.876. The standard InChI is InChI=1S/C17H21NO3/c1-11-5-7-14(16(19)9-11)12(2)18-15-8-6-13(20-3)10-17(15)21-4/h5-10,12,18-19H,1-4H3. The Hall–Kier alpha value is -2.36. The molecule has 4 nitrogen and oxygen atoms in total. The predicted molar refractivity (Wildman–Crippen MR) is 84.4 cm³/mol. The Balaban J connectivity index is 2.24. The van der Waals surface area contributed by atoms with E-state index in [9.17, 15) is 5.11 Å². The van der Waals surface area contributed by atoms with E-state index < -0.39 is 0 Å². The molecule has 2 aromatic rings. The highest BCUT2D eigenvalue weighted by Crippen LogP contribution is 2.33. The van der Waals surface area contributed by atoms with Gasteiger partial charge in [0.1, 0.15) is 17.2 Å². The summed E-state index contributed by atoms with van der Waals surface area (Å²) in [5.74, 6) is 1.73. The second kappa shape index (κ2) is 6.39. The van der Waals surface area contributed by atoms with Crippen molar-refractivity contribution >= 4 is 5.69 Å². The van der Waals surface area contributed by atoms with Crippen molar-refractivity contribution in [1.82, 2.24) is 0 Å². The summed E-state index contributed by atoms with van der Waals surface area (Å²) in [6, 6.07) is 11.2. The minimum absolute atomic E-state index is 0.0482. The molecule has 0 aliphatic heterocycles. The first-order valence-corrected chi connectivity index (χ1v) is 6.83. The fourth-order valence-corrected chi connectivity index (χ4v) is 2.25. The number of hydrogen-bond acceptors (Lipinski definition) is 4. The molecule has 0 radical (unpaired) electrons. The predicted octanol–water partition coefficient (Wildman–Crippen LogP) is 3.89. The first kappa shape index (κ1) is 15.0. The maximum absolute atomic E-state index is 10.1. The molecular weight excluding hydrogens is 266 g/mol. The molecule has 0 amide bonds. The summed E-state index contributed by atoms with van der Waals surface area (Å²) in [5, 5.41) is 13.4. The molecule has 0 bridgehead atoms. The number of hydrogen-bond donors (Lipinski definition) is 2. The van der Waals surface area contributed by atoms with E-state index >= 15 is 0 Å². The highest BCUT2D eigenvalue weighted by molar-refractivity contribution is 5.60. The smallest absolute Gasteiger partial charge is 0.145 e. The van der Waals surface area contributed by atoms with Crippen molar-refractivity contribution in [3.05, 3.63) is 47.5 Å². The number of rotatable bonds is 5. The van der Waals surface area contributed by atoms with Crippen molar-refractivity contribution in [3.63, 3.8) is 0 Å². The molecule has 0 spiro atoms. The molecule has 112 valence electrons. The number of methoxy groups -OCH3 is 2. The molecule has 0 fully saturated rings. The van der Waals surface area contributed by atoms with Gasteiger partial charge in [-0.05, 0) is 37.6 Å². The molecule has 0 saturated carbocycles. The molecule has 0 saturated heterocycles. The maximum atomic E-state index is 10.1. The van der Waals surface area contributed by atoms with Crippen LogP contribution in [0, 0.1) is 6.92 Å². The summed E-state index contributed by atoms with van der Waals surface area (Å²) in [6.07, 6.45) is 0. The fraction of sp³-hybridized carbons (Fsp3) is 0.294. The van der Waals surface area contributed by atoms with Gasteiger partial charge in [0.2, 0.25) is 0 Å². The third-order valence-electron chi connectivity index (χ3n) is 3.43. The number of phenolic OH excluding ortho intramolecular Hbond substituents is 1. The van der Waals surface area contributed by atoms with Gasteiger partial charge in [0.25, 0.3) is 0 Å². The molecule has 1 atom stereocenters. The lowest BCUT2D eigenvalue weighted by atomic mass is 10.0. The van der Waals surface area contributed by atoms with E-state index in [0.29, 0.717) is 11.5 Å². The molecule has 4 heteroatoms. The number of aromatic hydroxyl groups is 1. The molecular formula is C17H21NO3. The van der Waals surface area contributed by atoms with Crippen LogP contribution < -0.4 is 14.8 Å². The number of nitrogens with one attached hydrogen (secondary N) is 1. The molecule has 2 N–H and O–H groups in total. The third-order valence-corrected chi connectivity index (χ3v) is 3.43. The molecule has 1 unspecified atom stereocenters. The topological polar surface area (TPSA) is 50.7 Å². The second-order valence-electron chi connectivity index (χ2n) is 4.99. The fourth-order valence-electron chi connectivity index (χ4n) is 2.25. The lowest BCUT2D eigenvalue weighted by molar-refractivity contribution is 0.395. The highest BCUT2D eigenvalue weighted by atomic mass is 16.5. The summed E-state index contributed by atoms with van der Waals surface area (Å²) in [4.78, 5) is 0. The Morgan fingerprint density at radius 2 is 1.81 bits per heavy atom. The minimum Gasteiger partial charge on any atom is -0.508 e. The third kappa shape index (κ3) is 3.40. The zero-order chi connectivity index (χ0) is 15.4. The number of aryl methyl sites for hydroxylation is 1. The second-order valence-corrected chi connectivity index (χ2v) is 4.99. The average Bonchev–Trinajstić information content (AvgIpc) is 2.47. The van der Waals surface area contributed by atoms with Gasteiger partial charge in [-0.1, -0.05) is 12.1 Å². The van der Waals surface area contributed by atoms with E-state index in [1.807, 2.05) is 44.2 Å². The Morgan fingerprint density at radius 3 is 2.43 bits per heavy atom. The summed E-state index contributed by atoms with van der Waals surface area (Å²) in [5.41, 5.74) is 2.73. The lowest BCUT2D eigenvalue weighted by Crippen LogP contribution is -2.08. The molecule has 0 aliphatic carbocycles. The summed E-state index contributed by atoms with van der Waals surface area (Å²) in [6.45, 7) is 3.95. The first-order chi connectivity index (χ1) is 10.0. The molecule has 0 heterocycles. The molecule has 0 aliphatic rings. The van der Waals surface area contributed by atoms with Gasteiger partial charge in [0.05, 0.1) is 25.9 Å². The number of ether oxygens (including phenoxy) is 2. The largest absolute Gasteiger partial charge is 0.508 e. The summed E-state index contributed by atoms with van der Waals surface area (Å²) >= 11 is 0. The zero-order valence-corrected chi connectivity index (χ0v) is 12.8. The van der Waals surface area contributed by atoms with Crippen LogP contribution >= 0.6 is 0 Å². The van der Waals surface area contributed by atoms with Crippen molar-refractivity contribution < 1.29 is 14.6 Å². The van der Waals surface area contributed by atoms with Gasteiger partial charge in [0.15, 0.2) is 0 Å². The van der Waals surface area contributed by atoms with Crippen molar-refractivity contribution in [2.45, 2.75) is 19.9 Å². The van der Waals surface area contributed by atoms with Crippen molar-refractivity contribution in [1.29, 1.82) is 0 Å². The Labute approximate surface area is 125 Å². The lowest BCUT2D eigenvalue weighted by Gasteiger charge is -2.19. The van der Waals surface area contributed by atoms with E-state index in [2.05, 4.69) is 5.32 Å². The van der Waals surface area contributed by atoms with E-state index in [1.165, 1.54) is 0 Å². The van der Waals surface area contributed by atoms with Crippen LogP contribution in [-0.2, 0) is 0 Å². The van der Waals surface area contributed by atoms with E-state index in [1.54, 1.807) is 20.3 Å². The monoisotopic (exact) mass is 287 g/mol. The normalized spacial score (nSPS) is 11.8. The van der Waals surface area contributed by atoms with Crippen molar-refractivity contribution in [2.75, 3.05) is 19.5 Å². The van der Waals surface area contributed by atoms with Gasteiger partial charge in [-0.15, -0.1) is 0 Å². The minimum atomic E-state index is -0.0482. The van der Waals surface area contributed by atoms with Crippen LogP contribution in [0.2, 0.25) is 0 Å². The van der Waals surface area contributed by atoms with Gasteiger partial charge in [0, 0.05) is 11.6 Å². The van der Waals surface area contributed by atoms with Crippen LogP contribution in [0.1, 0.15) is 24.1 Å². The van der Waals surface area contributed by atoms with E-state index in [4.69, 9.17) is 9.47 Å².